The fourth-order valence-electron chi connectivity index (χ4n) is 1.69. The molecule has 0 unspecified atom stereocenters. The monoisotopic (exact) mass is 300 g/mol. The van der Waals surface area contributed by atoms with Crippen molar-refractivity contribution in [2.45, 2.75) is 0 Å². The molecule has 1 N–H and O–H groups in total. The van der Waals surface area contributed by atoms with Crippen LogP contribution in [0.3, 0.4) is 0 Å². The summed E-state index contributed by atoms with van der Waals surface area (Å²) in [6.07, 6.45) is 9.20. The third kappa shape index (κ3) is 4.03. The Balaban J connectivity index is 2.03. The molecule has 0 aliphatic rings. The van der Waals surface area contributed by atoms with Gasteiger partial charge in [0.15, 0.2) is 0 Å². The van der Waals surface area contributed by atoms with Gasteiger partial charge in [0, 0.05) is 12.6 Å². The number of thiazole rings is 1. The zero-order valence-electron chi connectivity index (χ0n) is 11.9. The lowest BCUT2D eigenvalue weighted by Crippen LogP contribution is -2.16. The van der Waals surface area contributed by atoms with Gasteiger partial charge in [-0.05, 0) is 12.1 Å². The van der Waals surface area contributed by atoms with Crippen LogP contribution < -0.4 is 10.1 Å². The summed E-state index contributed by atoms with van der Waals surface area (Å²) in [6.45, 7) is 0. The fraction of sp³-hybridized carbons (Fsp3) is 0.125. The average molecular weight is 300 g/mol. The van der Waals surface area contributed by atoms with Crippen LogP contribution >= 0.6 is 11.3 Å². The highest BCUT2D eigenvalue weighted by Crippen LogP contribution is 2.19. The van der Waals surface area contributed by atoms with Gasteiger partial charge in [-0.2, -0.15) is 0 Å². The van der Waals surface area contributed by atoms with Crippen LogP contribution in [-0.4, -0.2) is 25.0 Å². The van der Waals surface area contributed by atoms with Gasteiger partial charge in [0.2, 0.25) is 0 Å². The van der Waals surface area contributed by atoms with Gasteiger partial charge >= 0.3 is 0 Å². The van der Waals surface area contributed by atoms with Crippen molar-refractivity contribution in [3.8, 4) is 5.75 Å². The summed E-state index contributed by atoms with van der Waals surface area (Å²) in [4.78, 5) is 16.2. The lowest BCUT2D eigenvalue weighted by atomic mass is 10.2. The molecule has 0 spiro atoms. The molecule has 0 aliphatic carbocycles. The molecule has 0 bridgehead atoms. The minimum Gasteiger partial charge on any atom is -0.496 e. The first-order valence-electron chi connectivity index (χ1n) is 6.40. The molecule has 1 amide bonds. The number of carbonyl (C=O) groups excluding carboxylic acids is 1. The van der Waals surface area contributed by atoms with E-state index in [9.17, 15) is 4.79 Å². The van der Waals surface area contributed by atoms with Crippen molar-refractivity contribution < 1.29 is 9.53 Å². The van der Waals surface area contributed by atoms with E-state index in [0.29, 0.717) is 4.88 Å². The number of ether oxygens (including phenoxy) is 1. The number of hydrogen-bond donors (Lipinski definition) is 1. The maximum absolute atomic E-state index is 11.4. The third-order valence-corrected chi connectivity index (χ3v) is 3.70. The van der Waals surface area contributed by atoms with Crippen LogP contribution in [0.5, 0.6) is 5.75 Å². The zero-order valence-corrected chi connectivity index (χ0v) is 12.7. The summed E-state index contributed by atoms with van der Waals surface area (Å²) < 4.78 is 5.27. The van der Waals surface area contributed by atoms with Gasteiger partial charge in [0.25, 0.3) is 5.91 Å². The van der Waals surface area contributed by atoms with E-state index >= 15 is 0 Å². The molecule has 0 saturated heterocycles. The molecule has 21 heavy (non-hydrogen) atoms. The van der Waals surface area contributed by atoms with E-state index in [1.807, 2.05) is 48.6 Å². The highest BCUT2D eigenvalue weighted by molar-refractivity contribution is 7.14. The van der Waals surface area contributed by atoms with Crippen molar-refractivity contribution in [3.63, 3.8) is 0 Å². The highest BCUT2D eigenvalue weighted by atomic mass is 32.1. The van der Waals surface area contributed by atoms with Gasteiger partial charge < -0.3 is 10.1 Å². The summed E-state index contributed by atoms with van der Waals surface area (Å²) in [5.74, 6) is 0.718. The highest BCUT2D eigenvalue weighted by Gasteiger charge is 2.06. The molecule has 0 atom stereocenters. The number of allylic oxidation sites excluding steroid dienone is 2. The van der Waals surface area contributed by atoms with Crippen molar-refractivity contribution in [3.05, 3.63) is 58.1 Å². The molecule has 0 aliphatic heterocycles. The smallest absolute Gasteiger partial charge is 0.262 e. The Morgan fingerprint density at radius 1 is 1.29 bits per heavy atom. The summed E-state index contributed by atoms with van der Waals surface area (Å²) in [5, 5.41) is 3.37. The lowest BCUT2D eigenvalue weighted by molar-refractivity contribution is 0.0967. The molecule has 108 valence electrons. The molecule has 5 heteroatoms. The van der Waals surface area contributed by atoms with Crippen LogP contribution in [0.2, 0.25) is 0 Å². The molecule has 2 rings (SSSR count). The van der Waals surface area contributed by atoms with E-state index in [0.717, 1.165) is 16.3 Å². The van der Waals surface area contributed by atoms with Gasteiger partial charge in [-0.25, -0.2) is 4.98 Å². The Morgan fingerprint density at radius 2 is 2.05 bits per heavy atom. The Bertz CT molecular complexity index is 674. The number of hydrogen-bond acceptors (Lipinski definition) is 4. The van der Waals surface area contributed by atoms with Crippen molar-refractivity contribution >= 4 is 29.4 Å². The first kappa shape index (κ1) is 15.0. The normalized spacial score (nSPS) is 11.1. The van der Waals surface area contributed by atoms with Crippen molar-refractivity contribution in [2.24, 2.45) is 0 Å². The molecule has 4 nitrogen and oxygen atoms in total. The first-order chi connectivity index (χ1) is 10.2. The number of aromatic nitrogens is 1. The Labute approximate surface area is 127 Å². The van der Waals surface area contributed by atoms with Crippen LogP contribution in [0.25, 0.3) is 12.2 Å². The van der Waals surface area contributed by atoms with Crippen molar-refractivity contribution in [2.75, 3.05) is 14.2 Å². The van der Waals surface area contributed by atoms with E-state index < -0.39 is 0 Å². The summed E-state index contributed by atoms with van der Waals surface area (Å²) in [7, 11) is 3.26. The maximum Gasteiger partial charge on any atom is 0.262 e. The van der Waals surface area contributed by atoms with E-state index in [2.05, 4.69) is 10.3 Å². The van der Waals surface area contributed by atoms with Gasteiger partial charge in [0.1, 0.15) is 15.6 Å². The molecule has 0 saturated carbocycles. The predicted molar refractivity (Wildman–Crippen MR) is 86.6 cm³/mol. The van der Waals surface area contributed by atoms with Crippen LogP contribution in [0.15, 0.2) is 42.6 Å². The SMILES string of the molecule is CNC(=O)c1cnc(C=CC=Cc2ccccc2OC)s1. The number of rotatable bonds is 5. The Kier molecular flexibility index (Phi) is 5.29. The van der Waals surface area contributed by atoms with Crippen molar-refractivity contribution in [1.82, 2.24) is 10.3 Å². The molecule has 0 radical (unpaired) electrons. The van der Waals surface area contributed by atoms with Crippen molar-refractivity contribution in [1.29, 1.82) is 0 Å². The number of methoxy groups -OCH3 is 1. The zero-order chi connectivity index (χ0) is 15.1. The number of benzene rings is 1. The summed E-state index contributed by atoms with van der Waals surface area (Å²) in [5.41, 5.74) is 1.01. The molecule has 1 heterocycles. The van der Waals surface area contributed by atoms with E-state index in [1.165, 1.54) is 11.3 Å². The molecule has 1 aromatic heterocycles. The minimum absolute atomic E-state index is 0.114. The van der Waals surface area contributed by atoms with E-state index in [-0.39, 0.29) is 5.91 Å². The average Bonchev–Trinajstić information content (AvgIpc) is 3.00. The number of nitrogens with zero attached hydrogens (tertiary/aromatic N) is 1. The fourth-order valence-corrected chi connectivity index (χ4v) is 2.47. The van der Waals surface area contributed by atoms with Crippen LogP contribution in [0, 0.1) is 0 Å². The molecule has 1 aromatic carbocycles. The number of carbonyl (C=O) groups is 1. The first-order valence-corrected chi connectivity index (χ1v) is 7.22. The number of nitrogens with one attached hydrogen (secondary N) is 1. The second-order valence-electron chi connectivity index (χ2n) is 4.10. The second-order valence-corrected chi connectivity index (χ2v) is 5.16. The quantitative estimate of drug-likeness (QED) is 0.862. The standard InChI is InChI=1S/C16H16N2O2S/c1-17-16(19)14-11-18-15(21-14)10-6-4-8-12-7-3-5-9-13(12)20-2/h3-11H,1-2H3,(H,17,19). The van der Waals surface area contributed by atoms with Gasteiger partial charge in [-0.15, -0.1) is 11.3 Å². The third-order valence-electron chi connectivity index (χ3n) is 2.74. The van der Waals surface area contributed by atoms with Crippen LogP contribution in [0.4, 0.5) is 0 Å². The molecule has 2 aromatic rings. The Morgan fingerprint density at radius 3 is 2.81 bits per heavy atom. The second kappa shape index (κ2) is 7.40. The minimum atomic E-state index is -0.114. The lowest BCUT2D eigenvalue weighted by Gasteiger charge is -2.02. The maximum atomic E-state index is 11.4. The summed E-state index contributed by atoms with van der Waals surface area (Å²) >= 11 is 1.35. The largest absolute Gasteiger partial charge is 0.496 e. The number of amides is 1. The van der Waals surface area contributed by atoms with Crippen LogP contribution in [0.1, 0.15) is 20.2 Å². The Hall–Kier alpha value is -2.40. The number of para-hydroxylation sites is 1. The summed E-state index contributed by atoms with van der Waals surface area (Å²) in [6, 6.07) is 7.79. The van der Waals surface area contributed by atoms with Gasteiger partial charge in [-0.1, -0.05) is 36.4 Å². The van der Waals surface area contributed by atoms with E-state index in [4.69, 9.17) is 4.74 Å². The van der Waals surface area contributed by atoms with Gasteiger partial charge in [-0.3, -0.25) is 4.79 Å². The molecular weight excluding hydrogens is 284 g/mol. The molecule has 0 fully saturated rings. The molecular formula is C16H16N2O2S. The van der Waals surface area contributed by atoms with Crippen LogP contribution in [-0.2, 0) is 0 Å². The van der Waals surface area contributed by atoms with E-state index in [1.54, 1.807) is 20.4 Å². The predicted octanol–water partition coefficient (Wildman–Crippen LogP) is 3.24. The topological polar surface area (TPSA) is 51.2 Å². The van der Waals surface area contributed by atoms with Gasteiger partial charge in [0.05, 0.1) is 13.3 Å².